The molecule has 1 aliphatic rings. The number of rotatable bonds is 6. The number of nitrogens with two attached hydrogens (primary N) is 1. The predicted octanol–water partition coefficient (Wildman–Crippen LogP) is 2.72. The number of hydrogen-bond acceptors (Lipinski definition) is 3. The molecule has 9 heteroatoms. The average Bonchev–Trinajstić information content (AvgIpc) is 2.54. The van der Waals surface area contributed by atoms with E-state index >= 15 is 0 Å². The van der Waals surface area contributed by atoms with Gasteiger partial charge in [0.1, 0.15) is 0 Å². The first kappa shape index (κ1) is 23.2. The monoisotopic (exact) mass is 407 g/mol. The van der Waals surface area contributed by atoms with E-state index in [4.69, 9.17) is 5.73 Å². The van der Waals surface area contributed by atoms with Gasteiger partial charge in [0.05, 0.1) is 23.7 Å². The molecule has 1 aromatic rings. The standard InChI is InChI=1S/C18H24F3N3O2.ClH/c1-11(2)15(22)16(26)23-10-14(25)24-17(7-4-8-17)12-5-3-6-13(9-12)18(19,20)21;/h3,5-6,9,11,15H,4,7-8,10,22H2,1-2H3,(H,23,26)(H,24,25);1H/t15-;/m0./s1. The van der Waals surface area contributed by atoms with Crippen LogP contribution in [-0.4, -0.2) is 24.4 Å². The molecule has 1 aromatic carbocycles. The minimum Gasteiger partial charge on any atom is -0.346 e. The number of benzene rings is 1. The summed E-state index contributed by atoms with van der Waals surface area (Å²) in [5.74, 6) is -0.954. The number of halogens is 4. The van der Waals surface area contributed by atoms with Gasteiger partial charge in [0, 0.05) is 0 Å². The summed E-state index contributed by atoms with van der Waals surface area (Å²) in [6.07, 6.45) is -2.52. The number of carbonyl (C=O) groups is 2. The topological polar surface area (TPSA) is 84.2 Å². The Morgan fingerprint density at radius 2 is 1.89 bits per heavy atom. The Bertz CT molecular complexity index is 676. The Morgan fingerprint density at radius 1 is 1.26 bits per heavy atom. The molecule has 0 aromatic heterocycles. The number of nitrogens with one attached hydrogen (secondary N) is 2. The van der Waals surface area contributed by atoms with Crippen molar-refractivity contribution < 1.29 is 22.8 Å². The normalized spacial score (nSPS) is 16.7. The fourth-order valence-corrected chi connectivity index (χ4v) is 2.91. The highest BCUT2D eigenvalue weighted by Crippen LogP contribution is 2.42. The fourth-order valence-electron chi connectivity index (χ4n) is 2.91. The second-order valence-electron chi connectivity index (χ2n) is 7.05. The van der Waals surface area contributed by atoms with Crippen LogP contribution in [0.4, 0.5) is 13.2 Å². The second kappa shape index (κ2) is 8.93. The van der Waals surface area contributed by atoms with Crippen LogP contribution in [-0.2, 0) is 21.3 Å². The second-order valence-corrected chi connectivity index (χ2v) is 7.05. The molecule has 5 nitrogen and oxygen atoms in total. The maximum absolute atomic E-state index is 12.9. The number of hydrogen-bond donors (Lipinski definition) is 3. The summed E-state index contributed by atoms with van der Waals surface area (Å²) < 4.78 is 38.8. The van der Waals surface area contributed by atoms with Crippen LogP contribution >= 0.6 is 12.4 Å². The Hall–Kier alpha value is -1.80. The molecule has 0 saturated heterocycles. The van der Waals surface area contributed by atoms with Crippen LogP contribution in [0.15, 0.2) is 24.3 Å². The maximum Gasteiger partial charge on any atom is 0.416 e. The van der Waals surface area contributed by atoms with Gasteiger partial charge in [0.15, 0.2) is 0 Å². The van der Waals surface area contributed by atoms with Gasteiger partial charge in [-0.25, -0.2) is 0 Å². The van der Waals surface area contributed by atoms with Crippen molar-refractivity contribution in [2.24, 2.45) is 11.7 Å². The van der Waals surface area contributed by atoms with Gasteiger partial charge in [0.2, 0.25) is 11.8 Å². The van der Waals surface area contributed by atoms with Crippen molar-refractivity contribution in [2.75, 3.05) is 6.54 Å². The van der Waals surface area contributed by atoms with Gasteiger partial charge in [-0.1, -0.05) is 26.0 Å². The Kier molecular flexibility index (Phi) is 7.68. The molecule has 1 aliphatic carbocycles. The first-order valence-electron chi connectivity index (χ1n) is 8.57. The number of carbonyl (C=O) groups excluding carboxylic acids is 2. The van der Waals surface area contributed by atoms with Gasteiger partial charge in [-0.2, -0.15) is 13.2 Å². The molecule has 0 radical (unpaired) electrons. The molecule has 2 rings (SSSR count). The number of alkyl halides is 3. The first-order chi connectivity index (χ1) is 12.0. The van der Waals surface area contributed by atoms with E-state index in [1.165, 1.54) is 6.07 Å². The van der Waals surface area contributed by atoms with E-state index < -0.39 is 35.1 Å². The van der Waals surface area contributed by atoms with E-state index in [1.807, 2.05) is 0 Å². The Morgan fingerprint density at radius 3 is 2.37 bits per heavy atom. The van der Waals surface area contributed by atoms with Crippen molar-refractivity contribution in [1.29, 1.82) is 0 Å². The van der Waals surface area contributed by atoms with Crippen molar-refractivity contribution in [3.63, 3.8) is 0 Å². The van der Waals surface area contributed by atoms with Gasteiger partial charge in [-0.3, -0.25) is 9.59 Å². The van der Waals surface area contributed by atoms with E-state index in [-0.39, 0.29) is 24.9 Å². The molecule has 4 N–H and O–H groups in total. The summed E-state index contributed by atoms with van der Waals surface area (Å²) in [4.78, 5) is 24.0. The quantitative estimate of drug-likeness (QED) is 0.678. The summed E-state index contributed by atoms with van der Waals surface area (Å²) in [7, 11) is 0. The van der Waals surface area contributed by atoms with Crippen LogP contribution in [0.25, 0.3) is 0 Å². The van der Waals surface area contributed by atoms with E-state index in [0.717, 1.165) is 18.6 Å². The molecule has 2 amide bonds. The third-order valence-electron chi connectivity index (χ3n) is 4.77. The third kappa shape index (κ3) is 5.59. The summed E-state index contributed by atoms with van der Waals surface area (Å²) in [5, 5.41) is 5.25. The zero-order chi connectivity index (χ0) is 19.5. The fraction of sp³-hybridized carbons (Fsp3) is 0.556. The summed E-state index contributed by atoms with van der Waals surface area (Å²) in [6, 6.07) is 4.29. The van der Waals surface area contributed by atoms with Crippen molar-refractivity contribution in [3.05, 3.63) is 35.4 Å². The van der Waals surface area contributed by atoms with Crippen LogP contribution in [0.5, 0.6) is 0 Å². The molecule has 0 bridgehead atoms. The summed E-state index contributed by atoms with van der Waals surface area (Å²) in [6.45, 7) is 3.32. The van der Waals surface area contributed by atoms with Gasteiger partial charge in [0.25, 0.3) is 0 Å². The molecule has 0 spiro atoms. The molecule has 1 saturated carbocycles. The van der Waals surface area contributed by atoms with Crippen molar-refractivity contribution >= 4 is 24.2 Å². The molecule has 1 atom stereocenters. The van der Waals surface area contributed by atoms with Crippen LogP contribution in [0, 0.1) is 5.92 Å². The van der Waals surface area contributed by atoms with Crippen molar-refractivity contribution in [2.45, 2.75) is 50.9 Å². The minimum atomic E-state index is -4.44. The molecular weight excluding hydrogens is 383 g/mol. The van der Waals surface area contributed by atoms with Gasteiger partial charge in [-0.05, 0) is 42.9 Å². The predicted molar refractivity (Wildman–Crippen MR) is 98.2 cm³/mol. The lowest BCUT2D eigenvalue weighted by Gasteiger charge is -2.43. The Labute approximate surface area is 162 Å². The zero-order valence-corrected chi connectivity index (χ0v) is 16.0. The molecule has 1 fully saturated rings. The molecule has 0 unspecified atom stereocenters. The summed E-state index contributed by atoms with van der Waals surface area (Å²) >= 11 is 0. The highest BCUT2D eigenvalue weighted by molar-refractivity contribution is 5.87. The molecule has 27 heavy (non-hydrogen) atoms. The smallest absolute Gasteiger partial charge is 0.346 e. The van der Waals surface area contributed by atoms with Gasteiger partial charge >= 0.3 is 6.18 Å². The van der Waals surface area contributed by atoms with Crippen molar-refractivity contribution in [1.82, 2.24) is 10.6 Å². The third-order valence-corrected chi connectivity index (χ3v) is 4.77. The molecule has 152 valence electrons. The molecule has 0 aliphatic heterocycles. The summed E-state index contributed by atoms with van der Waals surface area (Å²) in [5.41, 5.74) is 4.58. The highest BCUT2D eigenvalue weighted by atomic mass is 35.5. The highest BCUT2D eigenvalue weighted by Gasteiger charge is 2.41. The van der Waals surface area contributed by atoms with E-state index in [2.05, 4.69) is 10.6 Å². The SMILES string of the molecule is CC(C)[C@H](N)C(=O)NCC(=O)NC1(c2cccc(C(F)(F)F)c2)CCC1.Cl. The van der Waals surface area contributed by atoms with Crippen LogP contribution < -0.4 is 16.4 Å². The maximum atomic E-state index is 12.9. The largest absolute Gasteiger partial charge is 0.416 e. The number of amides is 2. The van der Waals surface area contributed by atoms with E-state index in [0.29, 0.717) is 18.4 Å². The van der Waals surface area contributed by atoms with E-state index in [1.54, 1.807) is 19.9 Å². The lowest BCUT2D eigenvalue weighted by Crippen LogP contribution is -2.54. The van der Waals surface area contributed by atoms with Gasteiger partial charge in [-0.15, -0.1) is 12.4 Å². The van der Waals surface area contributed by atoms with Crippen molar-refractivity contribution in [3.8, 4) is 0 Å². The lowest BCUT2D eigenvalue weighted by atomic mass is 9.71. The Balaban J connectivity index is 0.00000364. The molecule has 0 heterocycles. The van der Waals surface area contributed by atoms with E-state index in [9.17, 15) is 22.8 Å². The van der Waals surface area contributed by atoms with Gasteiger partial charge < -0.3 is 16.4 Å². The van der Waals surface area contributed by atoms with Crippen LogP contribution in [0.3, 0.4) is 0 Å². The zero-order valence-electron chi connectivity index (χ0n) is 15.2. The molecular formula is C18H25ClF3N3O2. The average molecular weight is 408 g/mol. The van der Waals surface area contributed by atoms with Crippen LogP contribution in [0.2, 0.25) is 0 Å². The first-order valence-corrected chi connectivity index (χ1v) is 8.57. The van der Waals surface area contributed by atoms with Crippen LogP contribution in [0.1, 0.15) is 44.2 Å². The minimum absolute atomic E-state index is 0. The lowest BCUT2D eigenvalue weighted by molar-refractivity contribution is -0.137.